The van der Waals surface area contributed by atoms with Crippen LogP contribution in [0, 0.1) is 0 Å². The van der Waals surface area contributed by atoms with Crippen molar-refractivity contribution in [2.24, 2.45) is 0 Å². The predicted octanol–water partition coefficient (Wildman–Crippen LogP) is 9.15. The van der Waals surface area contributed by atoms with Crippen LogP contribution in [0.25, 0.3) is 0 Å². The zero-order valence-corrected chi connectivity index (χ0v) is 20.0. The van der Waals surface area contributed by atoms with E-state index in [0.717, 1.165) is 38.9 Å². The zero-order chi connectivity index (χ0) is 21.3. The van der Waals surface area contributed by atoms with Crippen molar-refractivity contribution >= 4 is 0 Å². The first kappa shape index (κ1) is 28.4. The zero-order valence-electron chi connectivity index (χ0n) is 20.0. The Morgan fingerprint density at radius 3 is 1.45 bits per heavy atom. The molecule has 172 valence electrons. The minimum Gasteiger partial charge on any atom is -0.353 e. The smallest absolute Gasteiger partial charge is 0.157 e. The van der Waals surface area contributed by atoms with Gasteiger partial charge in [-0.25, -0.2) is 0 Å². The van der Waals surface area contributed by atoms with Crippen LogP contribution in [0.5, 0.6) is 0 Å². The third kappa shape index (κ3) is 23.5. The molecule has 0 atom stereocenters. The molecule has 2 nitrogen and oxygen atoms in total. The fraction of sp³-hybridized carbons (Fsp3) is 0.852. The highest BCUT2D eigenvalue weighted by Crippen LogP contribution is 2.12. The number of hydrogen-bond donors (Lipinski definition) is 0. The average molecular weight is 409 g/mol. The molecule has 0 spiro atoms. The largest absolute Gasteiger partial charge is 0.353 e. The molecule has 0 aliphatic carbocycles. The standard InChI is InChI=1S/C27H52O2/c1-4-7-10-13-15-17-19-22-25-28-27(24-21-12-9-6-3)29-26-23-20-18-16-14-11-8-5-2/h6,9,12,27H,3-5,7-8,10-11,13-26H2,1-2H3/b12-9-. The molecule has 0 aromatic heterocycles. The van der Waals surface area contributed by atoms with E-state index in [1.54, 1.807) is 0 Å². The summed E-state index contributed by atoms with van der Waals surface area (Å²) < 4.78 is 12.1. The monoisotopic (exact) mass is 408 g/mol. The van der Waals surface area contributed by atoms with Gasteiger partial charge in [-0.15, -0.1) is 0 Å². The van der Waals surface area contributed by atoms with E-state index < -0.39 is 0 Å². The Morgan fingerprint density at radius 1 is 0.621 bits per heavy atom. The van der Waals surface area contributed by atoms with Crippen molar-refractivity contribution in [1.29, 1.82) is 0 Å². The molecule has 0 saturated heterocycles. The van der Waals surface area contributed by atoms with Crippen LogP contribution in [0.2, 0.25) is 0 Å². The van der Waals surface area contributed by atoms with Crippen molar-refractivity contribution in [1.82, 2.24) is 0 Å². The summed E-state index contributed by atoms with van der Waals surface area (Å²) in [6.07, 6.45) is 29.3. The van der Waals surface area contributed by atoms with Gasteiger partial charge in [0.05, 0.1) is 0 Å². The summed E-state index contributed by atoms with van der Waals surface area (Å²) in [6.45, 7) is 9.95. The summed E-state index contributed by atoms with van der Waals surface area (Å²) in [5.41, 5.74) is 0. The van der Waals surface area contributed by atoms with Crippen LogP contribution in [-0.4, -0.2) is 19.5 Å². The lowest BCUT2D eigenvalue weighted by molar-refractivity contribution is -0.146. The van der Waals surface area contributed by atoms with E-state index in [-0.39, 0.29) is 6.29 Å². The number of ether oxygens (including phenoxy) is 2. The lowest BCUT2D eigenvalue weighted by Crippen LogP contribution is -2.18. The van der Waals surface area contributed by atoms with Crippen molar-refractivity contribution in [3.63, 3.8) is 0 Å². The van der Waals surface area contributed by atoms with Crippen LogP contribution >= 0.6 is 0 Å². The van der Waals surface area contributed by atoms with Crippen LogP contribution in [0.1, 0.15) is 129 Å². The SMILES string of the molecule is C=C/C=C\CCC(OCCCCCCCCCC)OCCCCCCCCCC. The minimum absolute atomic E-state index is 0.0430. The highest BCUT2D eigenvalue weighted by molar-refractivity contribution is 4.96. The number of unbranched alkanes of at least 4 members (excludes halogenated alkanes) is 14. The molecule has 0 aliphatic rings. The topological polar surface area (TPSA) is 18.5 Å². The van der Waals surface area contributed by atoms with Crippen LogP contribution in [0.3, 0.4) is 0 Å². The van der Waals surface area contributed by atoms with Gasteiger partial charge in [0.2, 0.25) is 0 Å². The summed E-state index contributed by atoms with van der Waals surface area (Å²) in [5.74, 6) is 0. The highest BCUT2D eigenvalue weighted by Gasteiger charge is 2.08. The van der Waals surface area contributed by atoms with Gasteiger partial charge in [0.15, 0.2) is 6.29 Å². The maximum atomic E-state index is 6.06. The minimum atomic E-state index is -0.0430. The molecule has 29 heavy (non-hydrogen) atoms. The molecule has 0 bridgehead atoms. The summed E-state index contributed by atoms with van der Waals surface area (Å²) in [5, 5.41) is 0. The molecule has 2 heteroatoms. The van der Waals surface area contributed by atoms with Gasteiger partial charge in [0.1, 0.15) is 0 Å². The predicted molar refractivity (Wildman–Crippen MR) is 129 cm³/mol. The molecule has 0 aromatic rings. The van der Waals surface area contributed by atoms with Crippen LogP contribution in [-0.2, 0) is 9.47 Å². The second-order valence-electron chi connectivity index (χ2n) is 8.36. The van der Waals surface area contributed by atoms with Gasteiger partial charge >= 0.3 is 0 Å². The quantitative estimate of drug-likeness (QED) is 0.0900. The third-order valence-electron chi connectivity index (χ3n) is 5.44. The number of rotatable bonds is 24. The van der Waals surface area contributed by atoms with E-state index in [4.69, 9.17) is 9.47 Å². The molecule has 0 heterocycles. The molecule has 0 aromatic carbocycles. The van der Waals surface area contributed by atoms with E-state index in [1.165, 1.54) is 89.9 Å². The Labute approximate surface area is 183 Å². The van der Waals surface area contributed by atoms with E-state index in [2.05, 4.69) is 26.5 Å². The van der Waals surface area contributed by atoms with E-state index in [1.807, 2.05) is 12.2 Å². The Kier molecular flexibility index (Phi) is 24.9. The second-order valence-corrected chi connectivity index (χ2v) is 8.36. The molecule has 0 radical (unpaired) electrons. The first-order valence-electron chi connectivity index (χ1n) is 12.9. The van der Waals surface area contributed by atoms with Crippen LogP contribution in [0.4, 0.5) is 0 Å². The normalized spacial score (nSPS) is 11.7. The fourth-order valence-electron chi connectivity index (χ4n) is 3.54. The van der Waals surface area contributed by atoms with Gasteiger partial charge in [0, 0.05) is 19.6 Å². The maximum absolute atomic E-state index is 6.06. The van der Waals surface area contributed by atoms with Gasteiger partial charge < -0.3 is 9.47 Å². The van der Waals surface area contributed by atoms with Gasteiger partial charge in [0.25, 0.3) is 0 Å². The molecule has 0 fully saturated rings. The molecule has 0 aliphatic heterocycles. The average Bonchev–Trinajstić information content (AvgIpc) is 2.73. The molecule has 0 amide bonds. The lowest BCUT2D eigenvalue weighted by atomic mass is 10.1. The summed E-state index contributed by atoms with van der Waals surface area (Å²) in [7, 11) is 0. The highest BCUT2D eigenvalue weighted by atomic mass is 16.7. The Morgan fingerprint density at radius 2 is 1.03 bits per heavy atom. The third-order valence-corrected chi connectivity index (χ3v) is 5.44. The van der Waals surface area contributed by atoms with Gasteiger partial charge in [-0.1, -0.05) is 129 Å². The van der Waals surface area contributed by atoms with Crippen LogP contribution < -0.4 is 0 Å². The summed E-state index contributed by atoms with van der Waals surface area (Å²) in [4.78, 5) is 0. The molecular formula is C27H52O2. The van der Waals surface area contributed by atoms with Crippen molar-refractivity contribution in [3.05, 3.63) is 24.8 Å². The van der Waals surface area contributed by atoms with Crippen molar-refractivity contribution in [2.45, 2.75) is 136 Å². The number of hydrogen-bond acceptors (Lipinski definition) is 2. The summed E-state index contributed by atoms with van der Waals surface area (Å²) >= 11 is 0. The molecule has 0 unspecified atom stereocenters. The first-order chi connectivity index (χ1) is 14.3. The fourth-order valence-corrected chi connectivity index (χ4v) is 3.54. The van der Waals surface area contributed by atoms with Crippen molar-refractivity contribution < 1.29 is 9.47 Å². The van der Waals surface area contributed by atoms with Crippen molar-refractivity contribution in [3.8, 4) is 0 Å². The van der Waals surface area contributed by atoms with Gasteiger partial charge in [-0.2, -0.15) is 0 Å². The molecular weight excluding hydrogens is 356 g/mol. The number of allylic oxidation sites excluding steroid dienone is 3. The maximum Gasteiger partial charge on any atom is 0.157 e. The summed E-state index contributed by atoms with van der Waals surface area (Å²) in [6, 6.07) is 0. The molecule has 0 rings (SSSR count). The van der Waals surface area contributed by atoms with Crippen molar-refractivity contribution in [2.75, 3.05) is 13.2 Å². The van der Waals surface area contributed by atoms with E-state index in [9.17, 15) is 0 Å². The lowest BCUT2D eigenvalue weighted by Gasteiger charge is -2.18. The Hall–Kier alpha value is -0.600. The molecule has 0 saturated carbocycles. The first-order valence-corrected chi connectivity index (χ1v) is 12.9. The van der Waals surface area contributed by atoms with Gasteiger partial charge in [-0.05, 0) is 19.3 Å². The molecule has 0 N–H and O–H groups in total. The van der Waals surface area contributed by atoms with Gasteiger partial charge in [-0.3, -0.25) is 0 Å². The Bertz CT molecular complexity index is 315. The van der Waals surface area contributed by atoms with E-state index in [0.29, 0.717) is 0 Å². The van der Waals surface area contributed by atoms with Crippen LogP contribution in [0.15, 0.2) is 24.8 Å². The Balaban J connectivity index is 3.75. The second kappa shape index (κ2) is 25.4. The van der Waals surface area contributed by atoms with E-state index >= 15 is 0 Å².